The molecule has 0 aliphatic carbocycles. The lowest BCUT2D eigenvalue weighted by Gasteiger charge is -2.15. The topological polar surface area (TPSA) is 30.5 Å². The molecule has 0 radical (unpaired) electrons. The van der Waals surface area contributed by atoms with Crippen LogP contribution in [0.1, 0.15) is 29.2 Å². The Balaban J connectivity index is 1.68. The fourth-order valence-electron chi connectivity index (χ4n) is 2.91. The summed E-state index contributed by atoms with van der Waals surface area (Å²) in [5.41, 5.74) is 4.32. The van der Waals surface area contributed by atoms with E-state index in [1.165, 1.54) is 5.56 Å². The van der Waals surface area contributed by atoms with Crippen LogP contribution in [0.25, 0.3) is 0 Å². The molecule has 5 heteroatoms. The van der Waals surface area contributed by atoms with Crippen LogP contribution in [0.3, 0.4) is 0 Å². The number of aryl methyl sites for hydroxylation is 1. The quantitative estimate of drug-likeness (QED) is 0.417. The van der Waals surface area contributed by atoms with E-state index in [2.05, 4.69) is 36.5 Å². The highest BCUT2D eigenvalue weighted by atomic mass is 35.5. The normalized spacial score (nSPS) is 10.8. The molecule has 0 saturated carbocycles. The van der Waals surface area contributed by atoms with Crippen molar-refractivity contribution in [2.24, 2.45) is 0 Å². The first-order valence-corrected chi connectivity index (χ1v) is 10.4. The smallest absolute Gasteiger partial charge is 0.163 e. The van der Waals surface area contributed by atoms with E-state index in [-0.39, 0.29) is 0 Å². The number of benzene rings is 3. The third-order valence-corrected chi connectivity index (χ3v) is 5.24. The molecular formula is C24H25Cl2NO2. The summed E-state index contributed by atoms with van der Waals surface area (Å²) in [7, 11) is 0. The molecule has 0 aromatic heterocycles. The molecule has 0 saturated heterocycles. The van der Waals surface area contributed by atoms with E-state index >= 15 is 0 Å². The molecule has 3 aromatic rings. The van der Waals surface area contributed by atoms with Crippen LogP contribution in [0, 0.1) is 6.92 Å². The number of ether oxygens (including phenoxy) is 2. The Kier molecular flexibility index (Phi) is 7.82. The second kappa shape index (κ2) is 10.5. The van der Waals surface area contributed by atoms with Crippen LogP contribution in [-0.2, 0) is 19.7 Å². The van der Waals surface area contributed by atoms with Crippen LogP contribution in [0.2, 0.25) is 10.0 Å². The molecule has 0 aliphatic heterocycles. The first kappa shape index (κ1) is 21.5. The lowest BCUT2D eigenvalue weighted by atomic mass is 10.1. The van der Waals surface area contributed by atoms with Gasteiger partial charge in [-0.1, -0.05) is 71.2 Å². The van der Waals surface area contributed by atoms with Gasteiger partial charge in [-0.3, -0.25) is 0 Å². The van der Waals surface area contributed by atoms with Crippen LogP contribution in [-0.4, -0.2) is 6.61 Å². The molecule has 3 aromatic carbocycles. The first-order chi connectivity index (χ1) is 14.1. The Morgan fingerprint density at radius 2 is 1.48 bits per heavy atom. The number of hydrogen-bond acceptors (Lipinski definition) is 3. The predicted octanol–water partition coefficient (Wildman–Crippen LogP) is 6.57. The van der Waals surface area contributed by atoms with Crippen LogP contribution >= 0.6 is 23.2 Å². The molecule has 0 heterocycles. The first-order valence-electron chi connectivity index (χ1n) is 9.64. The van der Waals surface area contributed by atoms with Crippen LogP contribution in [0.15, 0.2) is 60.7 Å². The molecule has 3 rings (SSSR count). The maximum atomic E-state index is 6.52. The van der Waals surface area contributed by atoms with Crippen molar-refractivity contribution in [1.29, 1.82) is 0 Å². The highest BCUT2D eigenvalue weighted by Gasteiger charge is 2.12. The van der Waals surface area contributed by atoms with Crippen molar-refractivity contribution in [3.8, 4) is 11.5 Å². The van der Waals surface area contributed by atoms with Gasteiger partial charge in [0.15, 0.2) is 11.5 Å². The van der Waals surface area contributed by atoms with Gasteiger partial charge in [-0.25, -0.2) is 0 Å². The Morgan fingerprint density at radius 1 is 0.793 bits per heavy atom. The third-order valence-electron chi connectivity index (χ3n) is 4.52. The van der Waals surface area contributed by atoms with Crippen molar-refractivity contribution in [2.45, 2.75) is 33.5 Å². The van der Waals surface area contributed by atoms with Gasteiger partial charge in [-0.15, -0.1) is 0 Å². The Hall–Kier alpha value is -2.20. The van der Waals surface area contributed by atoms with Crippen molar-refractivity contribution in [1.82, 2.24) is 5.32 Å². The van der Waals surface area contributed by atoms with Gasteiger partial charge in [0.25, 0.3) is 0 Å². The molecule has 3 nitrogen and oxygen atoms in total. The van der Waals surface area contributed by atoms with Gasteiger partial charge in [0.1, 0.15) is 6.61 Å². The summed E-state index contributed by atoms with van der Waals surface area (Å²) in [4.78, 5) is 0. The molecule has 0 amide bonds. The van der Waals surface area contributed by atoms with Crippen LogP contribution < -0.4 is 14.8 Å². The minimum Gasteiger partial charge on any atom is -0.490 e. The minimum atomic E-state index is 0.459. The Labute approximate surface area is 182 Å². The monoisotopic (exact) mass is 429 g/mol. The van der Waals surface area contributed by atoms with Gasteiger partial charge in [-0.05, 0) is 42.7 Å². The largest absolute Gasteiger partial charge is 0.490 e. The van der Waals surface area contributed by atoms with Gasteiger partial charge in [-0.2, -0.15) is 0 Å². The SMILES string of the molecule is CCOc1cc(CNCc2ccccc2Cl)c(Cl)cc1OCc1ccc(C)cc1. The van der Waals surface area contributed by atoms with E-state index in [9.17, 15) is 0 Å². The van der Waals surface area contributed by atoms with Crippen LogP contribution in [0.4, 0.5) is 0 Å². The molecule has 152 valence electrons. The van der Waals surface area contributed by atoms with Gasteiger partial charge in [0.05, 0.1) is 6.61 Å². The fourth-order valence-corrected chi connectivity index (χ4v) is 3.34. The van der Waals surface area contributed by atoms with Crippen molar-refractivity contribution in [3.63, 3.8) is 0 Å². The minimum absolute atomic E-state index is 0.459. The third kappa shape index (κ3) is 6.14. The molecular weight excluding hydrogens is 405 g/mol. The second-order valence-corrected chi connectivity index (χ2v) is 7.61. The summed E-state index contributed by atoms with van der Waals surface area (Å²) in [5, 5.41) is 4.78. The predicted molar refractivity (Wildman–Crippen MR) is 120 cm³/mol. The van der Waals surface area contributed by atoms with Crippen molar-refractivity contribution >= 4 is 23.2 Å². The average Bonchev–Trinajstić information content (AvgIpc) is 2.71. The fraction of sp³-hybridized carbons (Fsp3) is 0.250. The standard InChI is InChI=1S/C24H25Cl2NO2/c1-3-28-23-12-20(15-27-14-19-6-4-5-7-21(19)25)22(26)13-24(23)29-16-18-10-8-17(2)9-11-18/h4-13,27H,3,14-16H2,1-2H3. The molecule has 0 atom stereocenters. The van der Waals surface area contributed by atoms with Gasteiger partial charge < -0.3 is 14.8 Å². The molecule has 29 heavy (non-hydrogen) atoms. The molecule has 1 N–H and O–H groups in total. The maximum Gasteiger partial charge on any atom is 0.163 e. The Bertz CT molecular complexity index is 942. The maximum absolute atomic E-state index is 6.52. The lowest BCUT2D eigenvalue weighted by molar-refractivity contribution is 0.269. The van der Waals surface area contributed by atoms with E-state index in [0.717, 1.165) is 21.7 Å². The number of rotatable bonds is 9. The van der Waals surface area contributed by atoms with Gasteiger partial charge in [0.2, 0.25) is 0 Å². The highest BCUT2D eigenvalue weighted by Crippen LogP contribution is 2.34. The summed E-state index contributed by atoms with van der Waals surface area (Å²) >= 11 is 12.7. The summed E-state index contributed by atoms with van der Waals surface area (Å²) in [6, 6.07) is 19.8. The van der Waals surface area contributed by atoms with Crippen molar-refractivity contribution in [2.75, 3.05) is 6.61 Å². The highest BCUT2D eigenvalue weighted by molar-refractivity contribution is 6.31. The summed E-state index contributed by atoms with van der Waals surface area (Å²) in [5.74, 6) is 1.34. The van der Waals surface area contributed by atoms with E-state index in [1.54, 1.807) is 0 Å². The lowest BCUT2D eigenvalue weighted by Crippen LogP contribution is -2.13. The van der Waals surface area contributed by atoms with Crippen molar-refractivity contribution < 1.29 is 9.47 Å². The van der Waals surface area contributed by atoms with Gasteiger partial charge >= 0.3 is 0 Å². The zero-order valence-electron chi connectivity index (χ0n) is 16.7. The summed E-state index contributed by atoms with van der Waals surface area (Å²) in [6.45, 7) is 6.29. The summed E-state index contributed by atoms with van der Waals surface area (Å²) in [6.07, 6.45) is 0. The molecule has 0 unspecified atom stereocenters. The number of hydrogen-bond donors (Lipinski definition) is 1. The second-order valence-electron chi connectivity index (χ2n) is 6.79. The van der Waals surface area contributed by atoms with E-state index in [1.807, 2.05) is 43.3 Å². The average molecular weight is 430 g/mol. The molecule has 0 fully saturated rings. The van der Waals surface area contributed by atoms with Crippen LogP contribution in [0.5, 0.6) is 11.5 Å². The van der Waals surface area contributed by atoms with E-state index in [4.69, 9.17) is 32.7 Å². The molecule has 0 bridgehead atoms. The number of halogens is 2. The Morgan fingerprint density at radius 3 is 2.21 bits per heavy atom. The zero-order chi connectivity index (χ0) is 20.6. The van der Waals surface area contributed by atoms with E-state index in [0.29, 0.717) is 42.8 Å². The van der Waals surface area contributed by atoms with E-state index < -0.39 is 0 Å². The van der Waals surface area contributed by atoms with Gasteiger partial charge in [0, 0.05) is 29.2 Å². The molecule has 0 aliphatic rings. The molecule has 0 spiro atoms. The zero-order valence-corrected chi connectivity index (χ0v) is 18.2. The summed E-state index contributed by atoms with van der Waals surface area (Å²) < 4.78 is 11.8. The number of nitrogens with one attached hydrogen (secondary N) is 1. The van der Waals surface area contributed by atoms with Crippen molar-refractivity contribution in [3.05, 3.63) is 93.0 Å².